The second kappa shape index (κ2) is 7.73. The molecule has 2 aliphatic heterocycles. The highest BCUT2D eigenvalue weighted by Crippen LogP contribution is 2.22. The molecule has 146 valence electrons. The summed E-state index contributed by atoms with van der Waals surface area (Å²) in [5.41, 5.74) is 4.18. The van der Waals surface area contributed by atoms with Gasteiger partial charge < -0.3 is 15.1 Å². The molecule has 0 radical (unpaired) electrons. The molecular weight excluding hydrogens is 356 g/mol. The van der Waals surface area contributed by atoms with Gasteiger partial charge in [-0.1, -0.05) is 24.3 Å². The summed E-state index contributed by atoms with van der Waals surface area (Å²) >= 11 is 0. The molecule has 6 heteroatoms. The van der Waals surface area contributed by atoms with Gasteiger partial charge in [-0.05, 0) is 47.7 Å². The van der Waals surface area contributed by atoms with Crippen LogP contribution in [0.5, 0.6) is 0 Å². The van der Waals surface area contributed by atoms with Gasteiger partial charge in [0.05, 0.1) is 11.7 Å². The van der Waals surface area contributed by atoms with Gasteiger partial charge in [0.25, 0.3) is 5.91 Å². The third kappa shape index (κ3) is 3.79. The molecule has 4 rings (SSSR count). The number of fused-ring (bicyclic) bond motifs is 2. The average Bonchev–Trinajstić information content (AvgIpc) is 2.69. The van der Waals surface area contributed by atoms with Gasteiger partial charge in [0.2, 0.25) is 0 Å². The molecule has 0 saturated heterocycles. The van der Waals surface area contributed by atoms with Gasteiger partial charge >= 0.3 is 5.97 Å². The third-order valence-corrected chi connectivity index (χ3v) is 5.63. The first-order valence-electron chi connectivity index (χ1n) is 9.64. The van der Waals surface area contributed by atoms with Crippen molar-refractivity contribution in [3.63, 3.8) is 0 Å². The third-order valence-electron chi connectivity index (χ3n) is 5.63. The maximum Gasteiger partial charge on any atom is 0.335 e. The van der Waals surface area contributed by atoms with E-state index in [9.17, 15) is 14.7 Å². The maximum atomic E-state index is 12.7. The van der Waals surface area contributed by atoms with E-state index in [-0.39, 0.29) is 18.0 Å². The number of hydrogen-bond donors (Lipinski definition) is 2. The Morgan fingerprint density at radius 3 is 2.54 bits per heavy atom. The molecule has 0 aromatic heterocycles. The van der Waals surface area contributed by atoms with Crippen LogP contribution in [0.2, 0.25) is 0 Å². The minimum atomic E-state index is -0.990. The van der Waals surface area contributed by atoms with Crippen LogP contribution in [-0.2, 0) is 19.4 Å². The number of rotatable bonds is 5. The summed E-state index contributed by atoms with van der Waals surface area (Å²) in [6, 6.07) is 13.0. The molecule has 0 aliphatic carbocycles. The smallest absolute Gasteiger partial charge is 0.335 e. The summed E-state index contributed by atoms with van der Waals surface area (Å²) in [6.07, 6.45) is 0.964. The number of amides is 1. The van der Waals surface area contributed by atoms with Gasteiger partial charge in [0, 0.05) is 38.3 Å². The van der Waals surface area contributed by atoms with Crippen molar-refractivity contribution in [3.05, 3.63) is 70.3 Å². The quantitative estimate of drug-likeness (QED) is 0.827. The highest BCUT2D eigenvalue weighted by molar-refractivity contribution is 5.98. The normalized spacial score (nSPS) is 17.8. The molecule has 0 bridgehead atoms. The molecule has 1 unspecified atom stereocenters. The standard InChI is InChI=1S/C22H24N2O4/c25-19(13-23-9-7-15-3-1-2-4-18(15)12-23)14-24-10-8-16-11-17(22(27)28)5-6-20(16)21(24)26/h1-6,11,19,25H,7-10,12-14H2,(H,27,28). The lowest BCUT2D eigenvalue weighted by Crippen LogP contribution is -2.46. The second-order valence-corrected chi connectivity index (χ2v) is 7.59. The first-order valence-corrected chi connectivity index (χ1v) is 9.64. The molecule has 0 fully saturated rings. The summed E-state index contributed by atoms with van der Waals surface area (Å²) in [6.45, 7) is 3.04. The average molecular weight is 380 g/mol. The van der Waals surface area contributed by atoms with E-state index in [2.05, 4.69) is 23.1 Å². The summed E-state index contributed by atoms with van der Waals surface area (Å²) in [5, 5.41) is 19.7. The molecule has 1 atom stereocenters. The van der Waals surface area contributed by atoms with Crippen molar-refractivity contribution in [2.75, 3.05) is 26.2 Å². The van der Waals surface area contributed by atoms with E-state index in [0.29, 0.717) is 25.1 Å². The summed E-state index contributed by atoms with van der Waals surface area (Å²) in [5.74, 6) is -1.13. The molecule has 2 aromatic carbocycles. The van der Waals surface area contributed by atoms with Crippen LogP contribution in [0.1, 0.15) is 37.4 Å². The number of benzene rings is 2. The van der Waals surface area contributed by atoms with Crippen molar-refractivity contribution in [2.24, 2.45) is 0 Å². The van der Waals surface area contributed by atoms with Crippen molar-refractivity contribution in [2.45, 2.75) is 25.5 Å². The van der Waals surface area contributed by atoms with Crippen LogP contribution >= 0.6 is 0 Å². The minimum absolute atomic E-state index is 0.138. The Balaban J connectivity index is 1.37. The SMILES string of the molecule is O=C(O)c1ccc2c(c1)CCN(CC(O)CN1CCc3ccccc3C1)C2=O. The number of hydrogen-bond acceptors (Lipinski definition) is 4. The van der Waals surface area contributed by atoms with E-state index in [1.165, 1.54) is 17.2 Å². The van der Waals surface area contributed by atoms with E-state index in [1.807, 2.05) is 6.07 Å². The minimum Gasteiger partial charge on any atom is -0.478 e. The van der Waals surface area contributed by atoms with E-state index < -0.39 is 12.1 Å². The summed E-state index contributed by atoms with van der Waals surface area (Å²) < 4.78 is 0. The van der Waals surface area contributed by atoms with Crippen LogP contribution in [0.3, 0.4) is 0 Å². The fourth-order valence-electron chi connectivity index (χ4n) is 4.16. The van der Waals surface area contributed by atoms with E-state index in [4.69, 9.17) is 5.11 Å². The van der Waals surface area contributed by atoms with Crippen LogP contribution in [-0.4, -0.2) is 64.2 Å². The fraction of sp³-hybridized carbons (Fsp3) is 0.364. The monoisotopic (exact) mass is 380 g/mol. The van der Waals surface area contributed by atoms with E-state index in [0.717, 1.165) is 25.1 Å². The Morgan fingerprint density at radius 1 is 1.00 bits per heavy atom. The maximum absolute atomic E-state index is 12.7. The lowest BCUT2D eigenvalue weighted by atomic mass is 9.96. The molecule has 28 heavy (non-hydrogen) atoms. The van der Waals surface area contributed by atoms with Gasteiger partial charge in [-0.25, -0.2) is 4.79 Å². The molecule has 1 amide bonds. The first kappa shape index (κ1) is 18.7. The Hall–Kier alpha value is -2.70. The zero-order valence-electron chi connectivity index (χ0n) is 15.7. The number of aliphatic hydroxyl groups is 1. The number of carboxylic acid groups (broad SMARTS) is 1. The number of aliphatic hydroxyl groups excluding tert-OH is 1. The predicted molar refractivity (Wildman–Crippen MR) is 104 cm³/mol. The van der Waals surface area contributed by atoms with Crippen molar-refractivity contribution in [1.82, 2.24) is 9.80 Å². The Labute approximate surface area is 164 Å². The van der Waals surface area contributed by atoms with E-state index >= 15 is 0 Å². The Morgan fingerprint density at radius 2 is 1.75 bits per heavy atom. The molecule has 2 aromatic rings. The van der Waals surface area contributed by atoms with Crippen LogP contribution in [0, 0.1) is 0 Å². The zero-order chi connectivity index (χ0) is 19.7. The highest BCUT2D eigenvalue weighted by atomic mass is 16.4. The molecule has 2 aliphatic rings. The predicted octanol–water partition coefficient (Wildman–Crippen LogP) is 1.80. The van der Waals surface area contributed by atoms with Crippen LogP contribution < -0.4 is 0 Å². The summed E-state index contributed by atoms with van der Waals surface area (Å²) in [7, 11) is 0. The van der Waals surface area contributed by atoms with Crippen LogP contribution in [0.25, 0.3) is 0 Å². The van der Waals surface area contributed by atoms with Crippen molar-refractivity contribution in [3.8, 4) is 0 Å². The molecule has 2 N–H and O–H groups in total. The largest absolute Gasteiger partial charge is 0.478 e. The lowest BCUT2D eigenvalue weighted by molar-refractivity contribution is 0.0492. The molecule has 6 nitrogen and oxygen atoms in total. The van der Waals surface area contributed by atoms with Gasteiger partial charge in [-0.3, -0.25) is 9.69 Å². The number of carbonyl (C=O) groups excluding carboxylic acids is 1. The van der Waals surface area contributed by atoms with Gasteiger partial charge in [-0.2, -0.15) is 0 Å². The number of carboxylic acids is 1. The Bertz CT molecular complexity index is 911. The molecule has 2 heterocycles. The van der Waals surface area contributed by atoms with Gasteiger partial charge in [-0.15, -0.1) is 0 Å². The van der Waals surface area contributed by atoms with Crippen LogP contribution in [0.15, 0.2) is 42.5 Å². The number of aromatic carboxylic acids is 1. The zero-order valence-corrected chi connectivity index (χ0v) is 15.7. The Kier molecular flexibility index (Phi) is 5.15. The summed E-state index contributed by atoms with van der Waals surface area (Å²) in [4.78, 5) is 27.8. The van der Waals surface area contributed by atoms with Crippen LogP contribution in [0.4, 0.5) is 0 Å². The first-order chi connectivity index (χ1) is 13.5. The van der Waals surface area contributed by atoms with Gasteiger partial charge in [0.1, 0.15) is 0 Å². The van der Waals surface area contributed by atoms with Gasteiger partial charge in [0.15, 0.2) is 0 Å². The molecule has 0 saturated carbocycles. The molecular formula is C22H24N2O4. The van der Waals surface area contributed by atoms with Crippen molar-refractivity contribution in [1.29, 1.82) is 0 Å². The molecule has 0 spiro atoms. The lowest BCUT2D eigenvalue weighted by Gasteiger charge is -2.34. The fourth-order valence-corrected chi connectivity index (χ4v) is 4.16. The van der Waals surface area contributed by atoms with Crippen molar-refractivity contribution < 1.29 is 19.8 Å². The second-order valence-electron chi connectivity index (χ2n) is 7.59. The topological polar surface area (TPSA) is 81.1 Å². The highest BCUT2D eigenvalue weighted by Gasteiger charge is 2.27. The number of β-amino-alcohol motifs (C(OH)–C–C–N with tert-alkyl or cyclic N) is 1. The van der Waals surface area contributed by atoms with E-state index in [1.54, 1.807) is 17.0 Å². The number of carbonyl (C=O) groups is 2. The van der Waals surface area contributed by atoms with Crippen molar-refractivity contribution >= 4 is 11.9 Å². The number of nitrogens with zero attached hydrogens (tertiary/aromatic N) is 2.